The Kier molecular flexibility index (Phi) is 4.98. The van der Waals surface area contributed by atoms with Gasteiger partial charge >= 0.3 is 0 Å². The van der Waals surface area contributed by atoms with Gasteiger partial charge in [0.2, 0.25) is 0 Å². The van der Waals surface area contributed by atoms with Crippen molar-refractivity contribution in [2.45, 2.75) is 37.8 Å². The predicted octanol–water partition coefficient (Wildman–Crippen LogP) is 1.98. The van der Waals surface area contributed by atoms with E-state index in [1.54, 1.807) is 11.3 Å². The van der Waals surface area contributed by atoms with Crippen LogP contribution in [0.15, 0.2) is 17.5 Å². The molecule has 0 amide bonds. The molecule has 0 spiro atoms. The molecular formula is C13H22N2OS. The van der Waals surface area contributed by atoms with Crippen molar-refractivity contribution in [1.29, 1.82) is 0 Å². The largest absolute Gasteiger partial charge is 0.395 e. The number of nitrogens with two attached hydrogens (primary N) is 1. The Labute approximate surface area is 107 Å². The fourth-order valence-electron chi connectivity index (χ4n) is 2.84. The number of rotatable bonds is 6. The molecule has 0 saturated heterocycles. The predicted molar refractivity (Wildman–Crippen MR) is 72.2 cm³/mol. The van der Waals surface area contributed by atoms with Crippen LogP contribution in [0.1, 0.15) is 36.6 Å². The second-order valence-corrected chi connectivity index (χ2v) is 5.65. The van der Waals surface area contributed by atoms with Gasteiger partial charge in [-0.05, 0) is 24.3 Å². The first-order valence-electron chi connectivity index (χ1n) is 6.47. The second-order valence-electron chi connectivity index (χ2n) is 4.67. The van der Waals surface area contributed by atoms with Gasteiger partial charge in [-0.15, -0.1) is 11.3 Å². The van der Waals surface area contributed by atoms with Crippen LogP contribution in [0.4, 0.5) is 0 Å². The third-order valence-corrected chi connectivity index (χ3v) is 4.62. The summed E-state index contributed by atoms with van der Waals surface area (Å²) in [5, 5.41) is 11.4. The van der Waals surface area contributed by atoms with Crippen molar-refractivity contribution in [3.05, 3.63) is 22.4 Å². The molecule has 1 aliphatic rings. The summed E-state index contributed by atoms with van der Waals surface area (Å²) in [6, 6.07) is 5.12. The van der Waals surface area contributed by atoms with Gasteiger partial charge in [-0.1, -0.05) is 18.9 Å². The lowest BCUT2D eigenvalue weighted by atomic mass is 10.1. The molecule has 0 radical (unpaired) electrons. The van der Waals surface area contributed by atoms with Gasteiger partial charge in [0.25, 0.3) is 0 Å². The molecule has 1 aliphatic carbocycles. The maximum atomic E-state index is 9.26. The Morgan fingerprint density at radius 1 is 1.47 bits per heavy atom. The van der Waals surface area contributed by atoms with Crippen molar-refractivity contribution in [3.8, 4) is 0 Å². The van der Waals surface area contributed by atoms with E-state index in [0.29, 0.717) is 12.6 Å². The molecule has 4 heteroatoms. The first kappa shape index (κ1) is 13.0. The molecule has 96 valence electrons. The molecule has 3 N–H and O–H groups in total. The Bertz CT molecular complexity index is 309. The lowest BCUT2D eigenvalue weighted by Gasteiger charge is -2.35. The maximum Gasteiger partial charge on any atom is 0.0567 e. The zero-order chi connectivity index (χ0) is 12.1. The van der Waals surface area contributed by atoms with Crippen LogP contribution < -0.4 is 5.73 Å². The van der Waals surface area contributed by atoms with Crippen LogP contribution in [0, 0.1) is 0 Å². The third kappa shape index (κ3) is 3.07. The van der Waals surface area contributed by atoms with Crippen LogP contribution in [-0.4, -0.2) is 35.7 Å². The summed E-state index contributed by atoms with van der Waals surface area (Å²) in [7, 11) is 0. The smallest absolute Gasteiger partial charge is 0.0567 e. The van der Waals surface area contributed by atoms with Crippen LogP contribution in [-0.2, 0) is 0 Å². The van der Waals surface area contributed by atoms with E-state index in [9.17, 15) is 5.11 Å². The van der Waals surface area contributed by atoms with Gasteiger partial charge in [0.15, 0.2) is 0 Å². The Hall–Kier alpha value is -0.420. The third-order valence-electron chi connectivity index (χ3n) is 3.65. The average molecular weight is 254 g/mol. The minimum absolute atomic E-state index is 0.221. The van der Waals surface area contributed by atoms with Gasteiger partial charge < -0.3 is 10.8 Å². The maximum absolute atomic E-state index is 9.26. The Morgan fingerprint density at radius 3 is 2.76 bits per heavy atom. The molecule has 1 saturated carbocycles. The van der Waals surface area contributed by atoms with E-state index < -0.39 is 0 Å². The van der Waals surface area contributed by atoms with Crippen LogP contribution in [0.3, 0.4) is 0 Å². The standard InChI is InChI=1S/C13H22N2OS/c14-10-12(13-6-3-9-17-13)15(7-8-16)11-4-1-2-5-11/h3,6,9,11-12,16H,1-2,4-5,7-8,10,14H2. The Morgan fingerprint density at radius 2 is 2.24 bits per heavy atom. The van der Waals surface area contributed by atoms with Gasteiger partial charge in [0.05, 0.1) is 12.6 Å². The summed E-state index contributed by atoms with van der Waals surface area (Å²) in [6.07, 6.45) is 5.13. The molecule has 3 nitrogen and oxygen atoms in total. The molecule has 1 aromatic rings. The zero-order valence-corrected chi connectivity index (χ0v) is 11.0. The van der Waals surface area contributed by atoms with E-state index in [0.717, 1.165) is 6.54 Å². The van der Waals surface area contributed by atoms with Gasteiger partial charge in [-0.3, -0.25) is 4.90 Å². The molecule has 1 aromatic heterocycles. The minimum Gasteiger partial charge on any atom is -0.395 e. The number of thiophene rings is 1. The molecule has 0 aliphatic heterocycles. The van der Waals surface area contributed by atoms with E-state index >= 15 is 0 Å². The summed E-state index contributed by atoms with van der Waals surface area (Å²) >= 11 is 1.77. The highest BCUT2D eigenvalue weighted by Crippen LogP contribution is 2.32. The quantitative estimate of drug-likeness (QED) is 0.816. The fraction of sp³-hybridized carbons (Fsp3) is 0.692. The lowest BCUT2D eigenvalue weighted by molar-refractivity contribution is 0.109. The van der Waals surface area contributed by atoms with E-state index in [2.05, 4.69) is 22.4 Å². The number of hydrogen-bond acceptors (Lipinski definition) is 4. The summed E-state index contributed by atoms with van der Waals surface area (Å²) in [6.45, 7) is 1.60. The van der Waals surface area contributed by atoms with Gasteiger partial charge in [-0.25, -0.2) is 0 Å². The van der Waals surface area contributed by atoms with Crippen molar-refractivity contribution in [3.63, 3.8) is 0 Å². The molecule has 1 heterocycles. The number of nitrogens with zero attached hydrogens (tertiary/aromatic N) is 1. The monoisotopic (exact) mass is 254 g/mol. The van der Waals surface area contributed by atoms with Crippen molar-refractivity contribution in [2.75, 3.05) is 19.7 Å². The number of aliphatic hydroxyl groups is 1. The van der Waals surface area contributed by atoms with E-state index in [1.165, 1.54) is 30.6 Å². The van der Waals surface area contributed by atoms with E-state index in [1.807, 2.05) is 0 Å². The molecule has 1 atom stereocenters. The fourth-order valence-corrected chi connectivity index (χ4v) is 3.70. The van der Waals surface area contributed by atoms with E-state index in [4.69, 9.17) is 5.73 Å². The minimum atomic E-state index is 0.221. The van der Waals surface area contributed by atoms with Gasteiger partial charge in [0.1, 0.15) is 0 Å². The molecule has 0 aromatic carbocycles. The Balaban J connectivity index is 2.11. The van der Waals surface area contributed by atoms with Crippen molar-refractivity contribution >= 4 is 11.3 Å². The van der Waals surface area contributed by atoms with Crippen LogP contribution in [0.5, 0.6) is 0 Å². The van der Waals surface area contributed by atoms with Crippen LogP contribution in [0.25, 0.3) is 0 Å². The average Bonchev–Trinajstić information content (AvgIpc) is 3.02. The summed E-state index contributed by atoms with van der Waals surface area (Å²) < 4.78 is 0. The van der Waals surface area contributed by atoms with Gasteiger partial charge in [-0.2, -0.15) is 0 Å². The summed E-state index contributed by atoms with van der Waals surface area (Å²) in [5.74, 6) is 0. The first-order chi connectivity index (χ1) is 8.36. The molecule has 1 unspecified atom stereocenters. The zero-order valence-electron chi connectivity index (χ0n) is 10.2. The highest BCUT2D eigenvalue weighted by molar-refractivity contribution is 7.10. The molecule has 0 bridgehead atoms. The lowest BCUT2D eigenvalue weighted by Crippen LogP contribution is -2.41. The van der Waals surface area contributed by atoms with Crippen LogP contribution in [0.2, 0.25) is 0 Å². The van der Waals surface area contributed by atoms with E-state index in [-0.39, 0.29) is 12.6 Å². The summed E-state index contributed by atoms with van der Waals surface area (Å²) in [4.78, 5) is 3.74. The highest BCUT2D eigenvalue weighted by Gasteiger charge is 2.28. The van der Waals surface area contributed by atoms with Crippen molar-refractivity contribution in [2.24, 2.45) is 5.73 Å². The van der Waals surface area contributed by atoms with Gasteiger partial charge in [0, 0.05) is 24.0 Å². The highest BCUT2D eigenvalue weighted by atomic mass is 32.1. The van der Waals surface area contributed by atoms with Crippen LogP contribution >= 0.6 is 11.3 Å². The molecular weight excluding hydrogens is 232 g/mol. The van der Waals surface area contributed by atoms with Crippen molar-refractivity contribution < 1.29 is 5.11 Å². The topological polar surface area (TPSA) is 49.5 Å². The molecule has 1 fully saturated rings. The second kappa shape index (κ2) is 6.50. The first-order valence-corrected chi connectivity index (χ1v) is 7.35. The van der Waals surface area contributed by atoms with Crippen molar-refractivity contribution in [1.82, 2.24) is 4.90 Å². The number of hydrogen-bond donors (Lipinski definition) is 2. The number of aliphatic hydroxyl groups excluding tert-OH is 1. The SMILES string of the molecule is NCC(c1cccs1)N(CCO)C1CCCC1. The normalized spacial score (nSPS) is 19.0. The molecule has 17 heavy (non-hydrogen) atoms. The summed E-state index contributed by atoms with van der Waals surface area (Å²) in [5.41, 5.74) is 5.95. The molecule has 2 rings (SSSR count).